The summed E-state index contributed by atoms with van der Waals surface area (Å²) in [6.07, 6.45) is 0.701. The summed E-state index contributed by atoms with van der Waals surface area (Å²) in [6, 6.07) is 2.89. The van der Waals surface area contributed by atoms with Crippen LogP contribution in [0.25, 0.3) is 0 Å². The van der Waals surface area contributed by atoms with Crippen LogP contribution in [-0.2, 0) is 9.47 Å². The van der Waals surface area contributed by atoms with Crippen LogP contribution < -0.4 is 10.5 Å². The average Bonchev–Trinajstić information content (AvgIpc) is 2.34. The predicted molar refractivity (Wildman–Crippen MR) is 68.4 cm³/mol. The van der Waals surface area contributed by atoms with E-state index >= 15 is 0 Å². The number of hydrogen-bond acceptors (Lipinski definition) is 4. The number of methoxy groups -OCH3 is 1. The van der Waals surface area contributed by atoms with Crippen molar-refractivity contribution >= 4 is 5.69 Å². The van der Waals surface area contributed by atoms with E-state index in [9.17, 15) is 4.39 Å². The molecule has 1 rings (SSSR count). The molecule has 18 heavy (non-hydrogen) atoms. The van der Waals surface area contributed by atoms with Gasteiger partial charge in [0.2, 0.25) is 0 Å². The van der Waals surface area contributed by atoms with Crippen molar-refractivity contribution in [1.29, 1.82) is 0 Å². The predicted octanol–water partition coefficient (Wildman–Crippen LogP) is 2.15. The number of hydrogen-bond donors (Lipinski definition) is 1. The Kier molecular flexibility index (Phi) is 6.46. The molecule has 1 aromatic rings. The summed E-state index contributed by atoms with van der Waals surface area (Å²) in [4.78, 5) is 0. The summed E-state index contributed by atoms with van der Waals surface area (Å²) in [5.41, 5.74) is 6.83. The van der Waals surface area contributed by atoms with Crippen molar-refractivity contribution in [3.63, 3.8) is 0 Å². The summed E-state index contributed by atoms with van der Waals surface area (Å²) in [5, 5.41) is 0. The number of nitrogen functional groups attached to an aromatic ring is 1. The summed E-state index contributed by atoms with van der Waals surface area (Å²) in [5.74, 6) is -0.197. The quantitative estimate of drug-likeness (QED) is 0.572. The minimum Gasteiger partial charge on any atom is -0.490 e. The Morgan fingerprint density at radius 1 is 1.17 bits per heavy atom. The summed E-state index contributed by atoms with van der Waals surface area (Å²) < 4.78 is 28.9. The van der Waals surface area contributed by atoms with Gasteiger partial charge in [0.05, 0.1) is 19.8 Å². The molecular formula is C13H20FNO3. The molecule has 0 spiro atoms. The third-order valence-corrected chi connectivity index (χ3v) is 2.44. The van der Waals surface area contributed by atoms with E-state index in [4.69, 9.17) is 19.9 Å². The first-order chi connectivity index (χ1) is 8.65. The number of ether oxygens (including phenoxy) is 3. The highest BCUT2D eigenvalue weighted by Crippen LogP contribution is 2.23. The fourth-order valence-electron chi connectivity index (χ4n) is 1.37. The van der Waals surface area contributed by atoms with Crippen LogP contribution in [0.15, 0.2) is 12.1 Å². The highest BCUT2D eigenvalue weighted by atomic mass is 19.1. The van der Waals surface area contributed by atoms with Crippen LogP contribution in [0.3, 0.4) is 0 Å². The Bertz CT molecular complexity index is 371. The van der Waals surface area contributed by atoms with Crippen molar-refractivity contribution in [2.24, 2.45) is 0 Å². The van der Waals surface area contributed by atoms with E-state index in [-0.39, 0.29) is 5.75 Å². The zero-order chi connectivity index (χ0) is 13.4. The molecule has 5 heteroatoms. The molecule has 0 aliphatic rings. The maximum absolute atomic E-state index is 13.5. The fourth-order valence-corrected chi connectivity index (χ4v) is 1.37. The molecule has 4 nitrogen and oxygen atoms in total. The van der Waals surface area contributed by atoms with Crippen molar-refractivity contribution in [1.82, 2.24) is 0 Å². The van der Waals surface area contributed by atoms with E-state index in [1.807, 2.05) is 6.92 Å². The van der Waals surface area contributed by atoms with E-state index in [1.54, 1.807) is 13.2 Å². The average molecular weight is 257 g/mol. The Morgan fingerprint density at radius 3 is 2.67 bits per heavy atom. The Hall–Kier alpha value is -1.33. The highest BCUT2D eigenvalue weighted by Gasteiger charge is 2.06. The van der Waals surface area contributed by atoms with Gasteiger partial charge in [0.25, 0.3) is 0 Å². The maximum Gasteiger partial charge on any atom is 0.167 e. The topological polar surface area (TPSA) is 53.7 Å². The Labute approximate surface area is 107 Å². The first-order valence-electron chi connectivity index (χ1n) is 5.90. The van der Waals surface area contributed by atoms with Gasteiger partial charge in [-0.05, 0) is 18.6 Å². The second kappa shape index (κ2) is 7.89. The standard InChI is InChI=1S/C13H20FNO3/c1-10-8-13(11(14)9-12(10)15)18-5-3-4-17-7-6-16-2/h8-9H,3-7,15H2,1-2H3. The van der Waals surface area contributed by atoms with Crippen molar-refractivity contribution < 1.29 is 18.6 Å². The normalized spacial score (nSPS) is 10.6. The highest BCUT2D eigenvalue weighted by molar-refractivity contribution is 5.50. The lowest BCUT2D eigenvalue weighted by atomic mass is 10.2. The molecule has 2 N–H and O–H groups in total. The van der Waals surface area contributed by atoms with Crippen molar-refractivity contribution in [3.05, 3.63) is 23.5 Å². The molecule has 0 aliphatic heterocycles. The molecule has 0 amide bonds. The molecule has 102 valence electrons. The third kappa shape index (κ3) is 4.89. The van der Waals surface area contributed by atoms with Gasteiger partial charge in [-0.25, -0.2) is 4.39 Å². The molecular weight excluding hydrogens is 237 g/mol. The van der Waals surface area contributed by atoms with E-state index in [2.05, 4.69) is 0 Å². The number of anilines is 1. The van der Waals surface area contributed by atoms with Crippen LogP contribution in [0.5, 0.6) is 5.75 Å². The number of aryl methyl sites for hydroxylation is 1. The van der Waals surface area contributed by atoms with E-state index in [0.29, 0.717) is 38.5 Å². The largest absolute Gasteiger partial charge is 0.490 e. The zero-order valence-corrected chi connectivity index (χ0v) is 10.9. The second-order valence-corrected chi connectivity index (χ2v) is 3.95. The number of halogens is 1. The molecule has 1 aromatic carbocycles. The van der Waals surface area contributed by atoms with E-state index < -0.39 is 5.82 Å². The number of nitrogens with two attached hydrogens (primary N) is 1. The molecule has 0 unspecified atom stereocenters. The van der Waals surface area contributed by atoms with Crippen LogP contribution >= 0.6 is 0 Å². The van der Waals surface area contributed by atoms with E-state index in [1.165, 1.54) is 6.07 Å². The molecule has 0 bridgehead atoms. The van der Waals surface area contributed by atoms with Gasteiger partial charge in [-0.3, -0.25) is 0 Å². The van der Waals surface area contributed by atoms with Crippen molar-refractivity contribution in [3.8, 4) is 5.75 Å². The van der Waals surface area contributed by atoms with Crippen LogP contribution in [-0.4, -0.2) is 33.5 Å². The van der Waals surface area contributed by atoms with Gasteiger partial charge >= 0.3 is 0 Å². The monoisotopic (exact) mass is 257 g/mol. The van der Waals surface area contributed by atoms with Gasteiger partial charge in [0.1, 0.15) is 0 Å². The van der Waals surface area contributed by atoms with Crippen LogP contribution in [0.4, 0.5) is 10.1 Å². The van der Waals surface area contributed by atoms with Crippen molar-refractivity contribution in [2.75, 3.05) is 39.3 Å². The molecule has 0 heterocycles. The zero-order valence-electron chi connectivity index (χ0n) is 10.9. The third-order valence-electron chi connectivity index (χ3n) is 2.44. The number of rotatable bonds is 8. The van der Waals surface area contributed by atoms with Gasteiger partial charge < -0.3 is 19.9 Å². The molecule has 0 aliphatic carbocycles. The Balaban J connectivity index is 2.25. The lowest BCUT2D eigenvalue weighted by Gasteiger charge is -2.09. The van der Waals surface area contributed by atoms with Gasteiger partial charge in [-0.1, -0.05) is 0 Å². The van der Waals surface area contributed by atoms with Crippen molar-refractivity contribution in [2.45, 2.75) is 13.3 Å². The minimum absolute atomic E-state index is 0.235. The SMILES string of the molecule is COCCOCCCOc1cc(C)c(N)cc1F. The van der Waals surface area contributed by atoms with Gasteiger partial charge in [0, 0.05) is 31.9 Å². The number of benzene rings is 1. The first kappa shape index (κ1) is 14.7. The molecule has 0 atom stereocenters. The minimum atomic E-state index is -0.432. The Morgan fingerprint density at radius 2 is 1.94 bits per heavy atom. The van der Waals surface area contributed by atoms with Crippen LogP contribution in [0.2, 0.25) is 0 Å². The molecule has 0 fully saturated rings. The second-order valence-electron chi connectivity index (χ2n) is 3.95. The molecule has 0 radical (unpaired) electrons. The summed E-state index contributed by atoms with van der Waals surface area (Å²) in [6.45, 7) is 3.93. The fraction of sp³-hybridized carbons (Fsp3) is 0.538. The smallest absolute Gasteiger partial charge is 0.167 e. The van der Waals surface area contributed by atoms with E-state index in [0.717, 1.165) is 5.56 Å². The lowest BCUT2D eigenvalue weighted by Crippen LogP contribution is -2.07. The maximum atomic E-state index is 13.5. The molecule has 0 aromatic heterocycles. The molecule has 0 saturated heterocycles. The summed E-state index contributed by atoms with van der Waals surface area (Å²) >= 11 is 0. The van der Waals surface area contributed by atoms with Gasteiger partial charge in [0.15, 0.2) is 11.6 Å². The van der Waals surface area contributed by atoms with Crippen LogP contribution in [0, 0.1) is 12.7 Å². The lowest BCUT2D eigenvalue weighted by molar-refractivity contribution is 0.0642. The first-order valence-corrected chi connectivity index (χ1v) is 5.90. The van der Waals surface area contributed by atoms with Gasteiger partial charge in [-0.15, -0.1) is 0 Å². The molecule has 0 saturated carbocycles. The van der Waals surface area contributed by atoms with Gasteiger partial charge in [-0.2, -0.15) is 0 Å². The summed E-state index contributed by atoms with van der Waals surface area (Å²) in [7, 11) is 1.62. The van der Waals surface area contributed by atoms with Crippen LogP contribution in [0.1, 0.15) is 12.0 Å².